The Hall–Kier alpha value is -0.520. The van der Waals surface area contributed by atoms with Gasteiger partial charge in [-0.3, -0.25) is 0 Å². The third-order valence-electron chi connectivity index (χ3n) is 3.74. The van der Waals surface area contributed by atoms with Crippen molar-refractivity contribution in [2.45, 2.75) is 45.1 Å². The van der Waals surface area contributed by atoms with Gasteiger partial charge in [0.25, 0.3) is 0 Å². The third-order valence-corrected chi connectivity index (χ3v) is 4.56. The van der Waals surface area contributed by atoms with Gasteiger partial charge in [0, 0.05) is 18.7 Å². The maximum absolute atomic E-state index is 13.7. The van der Waals surface area contributed by atoms with Gasteiger partial charge in [0.1, 0.15) is 5.82 Å². The topological polar surface area (TPSA) is 29.3 Å². The lowest BCUT2D eigenvalue weighted by molar-refractivity contribution is 0.418. The summed E-state index contributed by atoms with van der Waals surface area (Å²) in [5.74, 6) is -0.172. The number of anilines is 2. The molecule has 0 bridgehead atoms. The Morgan fingerprint density at radius 2 is 2.00 bits per heavy atom. The van der Waals surface area contributed by atoms with E-state index in [9.17, 15) is 4.39 Å². The van der Waals surface area contributed by atoms with Gasteiger partial charge < -0.3 is 10.6 Å². The van der Waals surface area contributed by atoms with Crippen molar-refractivity contribution in [3.05, 3.63) is 21.5 Å². The lowest BCUT2D eigenvalue weighted by Crippen LogP contribution is -2.37. The molecule has 0 aromatic heterocycles. The highest BCUT2D eigenvalue weighted by molar-refractivity contribution is 14.1. The molecule has 0 unspecified atom stereocenters. The van der Waals surface area contributed by atoms with Gasteiger partial charge in [0.05, 0.1) is 14.9 Å². The van der Waals surface area contributed by atoms with Gasteiger partial charge in [-0.25, -0.2) is 4.39 Å². The van der Waals surface area contributed by atoms with Crippen molar-refractivity contribution >= 4 is 34.0 Å². The molecule has 18 heavy (non-hydrogen) atoms. The maximum Gasteiger partial charge on any atom is 0.138 e. The predicted octanol–water partition coefficient (Wildman–Crippen LogP) is 4.17. The van der Waals surface area contributed by atoms with Gasteiger partial charge >= 0.3 is 0 Å². The van der Waals surface area contributed by atoms with Crippen molar-refractivity contribution in [3.8, 4) is 0 Å². The predicted molar refractivity (Wildman–Crippen MR) is 83.4 cm³/mol. The molecule has 1 fully saturated rings. The first-order valence-corrected chi connectivity index (χ1v) is 7.72. The fraction of sp³-hybridized carbons (Fsp3) is 0.571. The monoisotopic (exact) mass is 362 g/mol. The summed E-state index contributed by atoms with van der Waals surface area (Å²) in [5.41, 5.74) is 7.61. The fourth-order valence-electron chi connectivity index (χ4n) is 2.82. The van der Waals surface area contributed by atoms with Crippen LogP contribution in [0, 0.1) is 9.39 Å². The Kier molecular flexibility index (Phi) is 4.70. The van der Waals surface area contributed by atoms with E-state index in [2.05, 4.69) is 11.8 Å². The lowest BCUT2D eigenvalue weighted by atomic mass is 9.93. The van der Waals surface area contributed by atoms with E-state index in [-0.39, 0.29) is 5.82 Å². The summed E-state index contributed by atoms with van der Waals surface area (Å²) in [7, 11) is 0. The molecule has 0 aliphatic heterocycles. The van der Waals surface area contributed by atoms with Crippen LogP contribution in [0.4, 0.5) is 15.8 Å². The second kappa shape index (κ2) is 6.08. The van der Waals surface area contributed by atoms with Crippen LogP contribution >= 0.6 is 22.6 Å². The van der Waals surface area contributed by atoms with Gasteiger partial charge in [0.15, 0.2) is 0 Å². The van der Waals surface area contributed by atoms with E-state index < -0.39 is 0 Å². The van der Waals surface area contributed by atoms with Crippen LogP contribution in [0.25, 0.3) is 0 Å². The molecule has 2 nitrogen and oxygen atoms in total. The normalized spacial score (nSPS) is 16.8. The third kappa shape index (κ3) is 2.90. The number of nitrogen functional groups attached to an aromatic ring is 1. The van der Waals surface area contributed by atoms with E-state index >= 15 is 0 Å². The zero-order valence-electron chi connectivity index (χ0n) is 10.8. The molecule has 0 radical (unpaired) electrons. The first-order chi connectivity index (χ1) is 8.63. The van der Waals surface area contributed by atoms with Crippen LogP contribution in [-0.2, 0) is 0 Å². The van der Waals surface area contributed by atoms with Crippen molar-refractivity contribution in [1.82, 2.24) is 0 Å². The molecule has 1 aliphatic rings. The van der Waals surface area contributed by atoms with Crippen LogP contribution in [0.2, 0.25) is 0 Å². The smallest absolute Gasteiger partial charge is 0.138 e. The first kappa shape index (κ1) is 13.9. The molecule has 4 heteroatoms. The quantitative estimate of drug-likeness (QED) is 0.646. The van der Waals surface area contributed by atoms with Crippen LogP contribution in [0.5, 0.6) is 0 Å². The van der Waals surface area contributed by atoms with Crippen molar-refractivity contribution in [2.24, 2.45) is 0 Å². The van der Waals surface area contributed by atoms with E-state index in [0.717, 1.165) is 12.2 Å². The summed E-state index contributed by atoms with van der Waals surface area (Å²) in [6, 6.07) is 3.84. The van der Waals surface area contributed by atoms with E-state index in [1.165, 1.54) is 32.1 Å². The molecule has 1 aromatic carbocycles. The fourth-order valence-corrected chi connectivity index (χ4v) is 3.31. The minimum absolute atomic E-state index is 0.172. The molecule has 100 valence electrons. The highest BCUT2D eigenvalue weighted by Crippen LogP contribution is 2.32. The number of benzene rings is 1. The van der Waals surface area contributed by atoms with Gasteiger partial charge in [-0.15, -0.1) is 0 Å². The average Bonchev–Trinajstić information content (AvgIpc) is 2.38. The molecule has 0 atom stereocenters. The SMILES string of the molecule is CCN(c1cc(F)c(I)cc1N)C1CCCCC1. The van der Waals surface area contributed by atoms with Gasteiger partial charge in [-0.05, 0) is 48.4 Å². The minimum Gasteiger partial charge on any atom is -0.397 e. The number of hydrogen-bond donors (Lipinski definition) is 1. The van der Waals surface area contributed by atoms with Crippen molar-refractivity contribution < 1.29 is 4.39 Å². The van der Waals surface area contributed by atoms with Gasteiger partial charge in [0.2, 0.25) is 0 Å². The molecule has 1 aromatic rings. The Morgan fingerprint density at radius 1 is 1.33 bits per heavy atom. The molecule has 0 heterocycles. The van der Waals surface area contributed by atoms with E-state index in [0.29, 0.717) is 15.3 Å². The molecule has 0 spiro atoms. The number of halogens is 2. The molecule has 1 aliphatic carbocycles. The summed E-state index contributed by atoms with van der Waals surface area (Å²) in [5, 5.41) is 0. The van der Waals surface area contributed by atoms with E-state index in [4.69, 9.17) is 5.73 Å². The molecule has 2 N–H and O–H groups in total. The molecule has 1 saturated carbocycles. The summed E-state index contributed by atoms with van der Waals surface area (Å²) in [4.78, 5) is 2.27. The van der Waals surface area contributed by atoms with Gasteiger partial charge in [-0.2, -0.15) is 0 Å². The van der Waals surface area contributed by atoms with Crippen molar-refractivity contribution in [3.63, 3.8) is 0 Å². The molecular formula is C14H20FIN2. The lowest BCUT2D eigenvalue weighted by Gasteiger charge is -2.36. The molecule has 0 saturated heterocycles. The minimum atomic E-state index is -0.172. The number of rotatable bonds is 3. The van der Waals surface area contributed by atoms with Crippen molar-refractivity contribution in [2.75, 3.05) is 17.2 Å². The number of hydrogen-bond acceptors (Lipinski definition) is 2. The van der Waals surface area contributed by atoms with Crippen LogP contribution < -0.4 is 10.6 Å². The van der Waals surface area contributed by atoms with Crippen LogP contribution in [0.15, 0.2) is 12.1 Å². The molecule has 2 rings (SSSR count). The summed E-state index contributed by atoms with van der Waals surface area (Å²) in [6.45, 7) is 3.00. The van der Waals surface area contributed by atoms with Crippen molar-refractivity contribution in [1.29, 1.82) is 0 Å². The first-order valence-electron chi connectivity index (χ1n) is 6.64. The molecule has 0 amide bonds. The van der Waals surface area contributed by atoms with E-state index in [1.54, 1.807) is 12.1 Å². The Morgan fingerprint density at radius 3 is 2.61 bits per heavy atom. The maximum atomic E-state index is 13.7. The number of nitrogens with two attached hydrogens (primary N) is 1. The zero-order chi connectivity index (χ0) is 13.1. The zero-order valence-corrected chi connectivity index (χ0v) is 12.9. The molecular weight excluding hydrogens is 342 g/mol. The Labute approximate surface area is 122 Å². The summed E-state index contributed by atoms with van der Waals surface area (Å²) in [6.07, 6.45) is 6.26. The average molecular weight is 362 g/mol. The number of nitrogens with zero attached hydrogens (tertiary/aromatic N) is 1. The van der Waals surface area contributed by atoms with Gasteiger partial charge in [-0.1, -0.05) is 19.3 Å². The Bertz CT molecular complexity index is 417. The second-order valence-electron chi connectivity index (χ2n) is 4.90. The van der Waals surface area contributed by atoms with Crippen LogP contribution in [-0.4, -0.2) is 12.6 Å². The highest BCUT2D eigenvalue weighted by Gasteiger charge is 2.22. The van der Waals surface area contributed by atoms with E-state index in [1.807, 2.05) is 22.6 Å². The highest BCUT2D eigenvalue weighted by atomic mass is 127. The second-order valence-corrected chi connectivity index (χ2v) is 6.07. The summed E-state index contributed by atoms with van der Waals surface area (Å²) >= 11 is 1.98. The standard InChI is InChI=1S/C14H20FIN2/c1-2-18(10-6-4-3-5-7-10)14-8-11(15)12(16)9-13(14)17/h8-10H,2-7,17H2,1H3. The summed E-state index contributed by atoms with van der Waals surface area (Å²) < 4.78 is 14.3. The Balaban J connectivity index is 2.28. The largest absolute Gasteiger partial charge is 0.397 e. The van der Waals surface area contributed by atoms with Crippen LogP contribution in [0.3, 0.4) is 0 Å². The van der Waals surface area contributed by atoms with Crippen LogP contribution in [0.1, 0.15) is 39.0 Å².